The van der Waals surface area contributed by atoms with Gasteiger partial charge < -0.3 is 20.3 Å². The van der Waals surface area contributed by atoms with E-state index in [0.29, 0.717) is 6.61 Å². The minimum Gasteiger partial charge on any atom is -0.380 e. The number of aliphatic imine (C=N–C) groups is 1. The molecule has 2 rings (SSSR count). The van der Waals surface area contributed by atoms with Crippen LogP contribution in [0.25, 0.3) is 0 Å². The number of halogens is 1. The molecule has 0 amide bonds. The molecule has 0 unspecified atom stereocenters. The van der Waals surface area contributed by atoms with Gasteiger partial charge in [0.05, 0.1) is 6.61 Å². The second-order valence-electron chi connectivity index (χ2n) is 7.00. The molecule has 160 valence electrons. The summed E-state index contributed by atoms with van der Waals surface area (Å²) in [7, 11) is 1.81. The van der Waals surface area contributed by atoms with Crippen molar-refractivity contribution in [2.75, 3.05) is 71.0 Å². The highest BCUT2D eigenvalue weighted by Gasteiger charge is 2.16. The quantitative estimate of drug-likeness (QED) is 0.223. The van der Waals surface area contributed by atoms with Crippen LogP contribution in [0, 0.1) is 6.92 Å². The van der Waals surface area contributed by atoms with Crippen LogP contribution in [-0.2, 0) is 4.74 Å². The van der Waals surface area contributed by atoms with Crippen molar-refractivity contribution in [2.45, 2.75) is 26.7 Å². The van der Waals surface area contributed by atoms with Crippen LogP contribution in [0.5, 0.6) is 0 Å². The van der Waals surface area contributed by atoms with E-state index in [0.717, 1.165) is 58.3 Å². The highest BCUT2D eigenvalue weighted by atomic mass is 127. The maximum Gasteiger partial charge on any atom is 0.191 e. The Morgan fingerprint density at radius 3 is 2.54 bits per heavy atom. The smallest absolute Gasteiger partial charge is 0.191 e. The molecule has 0 radical (unpaired) electrons. The maximum absolute atomic E-state index is 5.33. The van der Waals surface area contributed by atoms with Crippen molar-refractivity contribution >= 4 is 35.6 Å². The molecule has 1 aromatic carbocycles. The Kier molecular flexibility index (Phi) is 13.3. The minimum atomic E-state index is 0. The number of benzene rings is 1. The Morgan fingerprint density at radius 2 is 1.86 bits per heavy atom. The van der Waals surface area contributed by atoms with Crippen LogP contribution in [-0.4, -0.2) is 76.9 Å². The SMILES string of the molecule is CCOCCNC(=NC)NCCCCN1CCN(c2cccc(C)c2)CC1.I. The van der Waals surface area contributed by atoms with E-state index in [4.69, 9.17) is 4.74 Å². The number of rotatable bonds is 10. The zero-order chi connectivity index (χ0) is 19.3. The maximum atomic E-state index is 5.33. The predicted molar refractivity (Wildman–Crippen MR) is 130 cm³/mol. The van der Waals surface area contributed by atoms with Crippen molar-refractivity contribution in [3.05, 3.63) is 29.8 Å². The van der Waals surface area contributed by atoms with E-state index in [1.54, 1.807) is 0 Å². The minimum absolute atomic E-state index is 0. The fourth-order valence-electron chi connectivity index (χ4n) is 3.33. The Balaban J connectivity index is 0.00000392. The molecule has 1 saturated heterocycles. The van der Waals surface area contributed by atoms with Gasteiger partial charge in [0.15, 0.2) is 5.96 Å². The standard InChI is InChI=1S/C21H37N5O.HI/c1-4-27-17-11-24-21(22-3)23-10-5-6-12-25-13-15-26(16-14-25)20-9-7-8-19(2)18-20;/h7-9,18H,4-6,10-17H2,1-3H3,(H2,22,23,24);1H. The molecule has 1 aliphatic rings. The van der Waals surface area contributed by atoms with Crippen LogP contribution in [0.4, 0.5) is 5.69 Å². The average Bonchev–Trinajstić information content (AvgIpc) is 2.70. The molecule has 0 atom stereocenters. The molecule has 1 aromatic rings. The number of guanidine groups is 1. The predicted octanol–water partition coefficient (Wildman–Crippen LogP) is 2.72. The van der Waals surface area contributed by atoms with Crippen molar-refractivity contribution < 1.29 is 4.74 Å². The first-order valence-electron chi connectivity index (χ1n) is 10.3. The van der Waals surface area contributed by atoms with Gasteiger partial charge in [0.2, 0.25) is 0 Å². The van der Waals surface area contributed by atoms with Gasteiger partial charge >= 0.3 is 0 Å². The van der Waals surface area contributed by atoms with E-state index in [1.807, 2.05) is 14.0 Å². The molecule has 0 aromatic heterocycles. The van der Waals surface area contributed by atoms with Gasteiger partial charge in [0, 0.05) is 58.6 Å². The van der Waals surface area contributed by atoms with Gasteiger partial charge in [-0.2, -0.15) is 0 Å². The summed E-state index contributed by atoms with van der Waals surface area (Å²) in [5.41, 5.74) is 2.70. The largest absolute Gasteiger partial charge is 0.380 e. The first-order chi connectivity index (χ1) is 13.2. The summed E-state index contributed by atoms with van der Waals surface area (Å²) in [6, 6.07) is 8.83. The summed E-state index contributed by atoms with van der Waals surface area (Å²) in [6.07, 6.45) is 2.37. The van der Waals surface area contributed by atoms with Crippen LogP contribution in [0.15, 0.2) is 29.3 Å². The van der Waals surface area contributed by atoms with Gasteiger partial charge in [-0.25, -0.2) is 0 Å². The van der Waals surface area contributed by atoms with Gasteiger partial charge in [0.1, 0.15) is 0 Å². The van der Waals surface area contributed by atoms with Gasteiger partial charge in [-0.1, -0.05) is 12.1 Å². The molecule has 6 nitrogen and oxygen atoms in total. The fraction of sp³-hybridized carbons (Fsp3) is 0.667. The normalized spacial score (nSPS) is 15.2. The van der Waals surface area contributed by atoms with Crippen molar-refractivity contribution in [3.63, 3.8) is 0 Å². The fourth-order valence-corrected chi connectivity index (χ4v) is 3.33. The summed E-state index contributed by atoms with van der Waals surface area (Å²) in [4.78, 5) is 9.33. The first kappa shape index (κ1) is 25.0. The molecule has 1 aliphatic heterocycles. The van der Waals surface area contributed by atoms with E-state index in [-0.39, 0.29) is 24.0 Å². The summed E-state index contributed by atoms with van der Waals surface area (Å²) < 4.78 is 5.33. The molecule has 28 heavy (non-hydrogen) atoms. The molecular formula is C21H38IN5O. The summed E-state index contributed by atoms with van der Waals surface area (Å²) >= 11 is 0. The van der Waals surface area contributed by atoms with Gasteiger partial charge in [-0.05, 0) is 50.9 Å². The van der Waals surface area contributed by atoms with Crippen LogP contribution < -0.4 is 15.5 Å². The zero-order valence-electron chi connectivity index (χ0n) is 17.7. The summed E-state index contributed by atoms with van der Waals surface area (Å²) in [6.45, 7) is 13.1. The van der Waals surface area contributed by atoms with Crippen molar-refractivity contribution in [3.8, 4) is 0 Å². The van der Waals surface area contributed by atoms with Crippen LogP contribution >= 0.6 is 24.0 Å². The number of nitrogens with zero attached hydrogens (tertiary/aromatic N) is 3. The topological polar surface area (TPSA) is 52.1 Å². The lowest BCUT2D eigenvalue weighted by Crippen LogP contribution is -2.46. The van der Waals surface area contributed by atoms with Crippen molar-refractivity contribution in [1.29, 1.82) is 0 Å². The third kappa shape index (κ3) is 9.43. The number of nitrogens with one attached hydrogen (secondary N) is 2. The van der Waals surface area contributed by atoms with E-state index >= 15 is 0 Å². The molecular weight excluding hydrogens is 465 g/mol. The van der Waals surface area contributed by atoms with Gasteiger partial charge in [-0.3, -0.25) is 9.89 Å². The van der Waals surface area contributed by atoms with Gasteiger partial charge in [0.25, 0.3) is 0 Å². The lowest BCUT2D eigenvalue weighted by atomic mass is 10.2. The number of hydrogen-bond acceptors (Lipinski definition) is 4. The molecule has 1 heterocycles. The Hall–Kier alpha value is -1.06. The number of piperazine rings is 1. The van der Waals surface area contributed by atoms with E-state index in [9.17, 15) is 0 Å². The van der Waals surface area contributed by atoms with Crippen molar-refractivity contribution in [2.24, 2.45) is 4.99 Å². The number of aryl methyl sites for hydroxylation is 1. The second-order valence-corrected chi connectivity index (χ2v) is 7.00. The number of ether oxygens (including phenoxy) is 1. The number of unbranched alkanes of at least 4 members (excludes halogenated alkanes) is 1. The Morgan fingerprint density at radius 1 is 1.11 bits per heavy atom. The molecule has 0 saturated carbocycles. The molecule has 0 aliphatic carbocycles. The second kappa shape index (κ2) is 14.9. The van der Waals surface area contributed by atoms with Crippen molar-refractivity contribution in [1.82, 2.24) is 15.5 Å². The molecule has 0 spiro atoms. The molecule has 2 N–H and O–H groups in total. The van der Waals surface area contributed by atoms with E-state index in [2.05, 4.69) is 56.6 Å². The average molecular weight is 503 g/mol. The molecule has 0 bridgehead atoms. The third-order valence-electron chi connectivity index (χ3n) is 4.90. The molecule has 1 fully saturated rings. The van der Waals surface area contributed by atoms with Crippen LogP contribution in [0.2, 0.25) is 0 Å². The third-order valence-corrected chi connectivity index (χ3v) is 4.90. The van der Waals surface area contributed by atoms with Gasteiger partial charge in [-0.15, -0.1) is 24.0 Å². The van der Waals surface area contributed by atoms with Crippen LogP contribution in [0.1, 0.15) is 25.3 Å². The van der Waals surface area contributed by atoms with E-state index in [1.165, 1.54) is 24.2 Å². The number of anilines is 1. The Labute approximate surface area is 188 Å². The monoisotopic (exact) mass is 503 g/mol. The summed E-state index contributed by atoms with van der Waals surface area (Å²) in [5.74, 6) is 0.862. The lowest BCUT2D eigenvalue weighted by Gasteiger charge is -2.36. The zero-order valence-corrected chi connectivity index (χ0v) is 20.1. The Bertz CT molecular complexity index is 561. The van der Waals surface area contributed by atoms with E-state index < -0.39 is 0 Å². The first-order valence-corrected chi connectivity index (χ1v) is 10.3. The highest BCUT2D eigenvalue weighted by Crippen LogP contribution is 2.17. The van der Waals surface area contributed by atoms with Crippen LogP contribution in [0.3, 0.4) is 0 Å². The highest BCUT2D eigenvalue weighted by molar-refractivity contribution is 14.0. The molecule has 7 heteroatoms. The number of hydrogen-bond donors (Lipinski definition) is 2. The summed E-state index contributed by atoms with van der Waals surface area (Å²) in [5, 5.41) is 6.64. The lowest BCUT2D eigenvalue weighted by molar-refractivity contribution is 0.152.